The van der Waals surface area contributed by atoms with Gasteiger partial charge >= 0.3 is 0 Å². The lowest BCUT2D eigenvalue weighted by molar-refractivity contribution is -0.697. The van der Waals surface area contributed by atoms with Crippen molar-refractivity contribution >= 4 is 0 Å². The molecule has 1 N–H and O–H groups in total. The average Bonchev–Trinajstić information content (AvgIpc) is 2.52. The summed E-state index contributed by atoms with van der Waals surface area (Å²) < 4.78 is 2.28. The van der Waals surface area contributed by atoms with E-state index in [4.69, 9.17) is 5.11 Å². The van der Waals surface area contributed by atoms with Crippen LogP contribution in [0, 0.1) is 0 Å². The quantitative estimate of drug-likeness (QED) is 0.430. The molecule has 0 fully saturated rings. The van der Waals surface area contributed by atoms with Crippen LogP contribution in [0.25, 0.3) is 0 Å². The number of aromatic nitrogens is 1. The molecular formula is C19H34ClNO. The molecule has 0 spiro atoms. The van der Waals surface area contributed by atoms with Crippen molar-refractivity contribution in [2.24, 2.45) is 0 Å². The molecule has 1 aromatic heterocycles. The molecule has 0 bridgehead atoms. The first-order valence-corrected chi connectivity index (χ1v) is 8.95. The highest BCUT2D eigenvalue weighted by Gasteiger charge is 2.01. The van der Waals surface area contributed by atoms with Crippen molar-refractivity contribution in [3.8, 4) is 0 Å². The van der Waals surface area contributed by atoms with E-state index in [0.717, 1.165) is 19.4 Å². The molecule has 1 heterocycles. The lowest BCUT2D eigenvalue weighted by Crippen LogP contribution is -3.00. The van der Waals surface area contributed by atoms with Gasteiger partial charge in [-0.2, -0.15) is 0 Å². The molecule has 22 heavy (non-hydrogen) atoms. The van der Waals surface area contributed by atoms with Gasteiger partial charge in [0, 0.05) is 25.2 Å². The van der Waals surface area contributed by atoms with Crippen molar-refractivity contribution in [2.75, 3.05) is 6.61 Å². The summed E-state index contributed by atoms with van der Waals surface area (Å²) in [4.78, 5) is 0. The second-order valence-electron chi connectivity index (χ2n) is 6.10. The van der Waals surface area contributed by atoms with Gasteiger partial charge in [0.2, 0.25) is 0 Å². The number of halogens is 1. The highest BCUT2D eigenvalue weighted by atomic mass is 35.5. The Morgan fingerprint density at radius 2 is 1.41 bits per heavy atom. The summed E-state index contributed by atoms with van der Waals surface area (Å²) in [5.41, 5.74) is 1.47. The normalized spacial score (nSPS) is 10.5. The molecule has 0 saturated heterocycles. The van der Waals surface area contributed by atoms with Crippen LogP contribution >= 0.6 is 0 Å². The van der Waals surface area contributed by atoms with E-state index in [1.54, 1.807) is 0 Å². The van der Waals surface area contributed by atoms with Crippen molar-refractivity contribution in [1.82, 2.24) is 0 Å². The fourth-order valence-corrected chi connectivity index (χ4v) is 2.67. The molecule has 2 nitrogen and oxygen atoms in total. The second kappa shape index (κ2) is 15.3. The molecule has 0 atom stereocenters. The first-order chi connectivity index (χ1) is 10.4. The fraction of sp³-hybridized carbons (Fsp3) is 0.737. The summed E-state index contributed by atoms with van der Waals surface area (Å²) in [5, 5.41) is 8.74. The first-order valence-electron chi connectivity index (χ1n) is 8.95. The lowest BCUT2D eigenvalue weighted by atomic mass is 10.1. The Morgan fingerprint density at radius 3 is 2.09 bits per heavy atom. The summed E-state index contributed by atoms with van der Waals surface area (Å²) in [6, 6.07) is 4.56. The molecule has 0 aliphatic rings. The third kappa shape index (κ3) is 11.0. The summed E-state index contributed by atoms with van der Waals surface area (Å²) >= 11 is 0. The van der Waals surface area contributed by atoms with E-state index in [1.165, 1.54) is 63.4 Å². The molecule has 3 heteroatoms. The van der Waals surface area contributed by atoms with Crippen molar-refractivity contribution in [3.05, 3.63) is 30.1 Å². The van der Waals surface area contributed by atoms with Gasteiger partial charge in [-0.05, 0) is 31.2 Å². The number of pyridine rings is 1. The average molecular weight is 328 g/mol. The SMILES string of the molecule is CCCCCCCCc1cc[n+](CCCCCCO)cc1.[Cl-]. The van der Waals surface area contributed by atoms with Gasteiger partial charge in [0.25, 0.3) is 0 Å². The van der Waals surface area contributed by atoms with Crippen LogP contribution in [0.3, 0.4) is 0 Å². The molecule has 0 unspecified atom stereocenters. The van der Waals surface area contributed by atoms with E-state index in [9.17, 15) is 0 Å². The Kier molecular flexibility index (Phi) is 14.9. The molecule has 1 rings (SSSR count). The zero-order valence-electron chi connectivity index (χ0n) is 14.3. The van der Waals surface area contributed by atoms with Gasteiger partial charge in [0.1, 0.15) is 6.54 Å². The maximum atomic E-state index is 8.74. The van der Waals surface area contributed by atoms with Gasteiger partial charge < -0.3 is 17.5 Å². The van der Waals surface area contributed by atoms with E-state index < -0.39 is 0 Å². The zero-order chi connectivity index (χ0) is 15.2. The summed E-state index contributed by atoms with van der Waals surface area (Å²) in [5.74, 6) is 0. The van der Waals surface area contributed by atoms with Crippen LogP contribution in [0.4, 0.5) is 0 Å². The summed E-state index contributed by atoms with van der Waals surface area (Å²) in [6.45, 7) is 3.70. The molecule has 0 radical (unpaired) electrons. The molecule has 0 saturated carbocycles. The number of rotatable bonds is 13. The molecule has 128 valence electrons. The van der Waals surface area contributed by atoms with Crippen LogP contribution in [-0.2, 0) is 13.0 Å². The molecule has 0 aliphatic heterocycles. The Morgan fingerprint density at radius 1 is 0.818 bits per heavy atom. The number of aryl methyl sites for hydroxylation is 2. The van der Waals surface area contributed by atoms with E-state index >= 15 is 0 Å². The molecule has 1 aromatic rings. The van der Waals surface area contributed by atoms with Gasteiger partial charge in [-0.1, -0.05) is 45.4 Å². The number of aliphatic hydroxyl groups is 1. The number of hydrogen-bond donors (Lipinski definition) is 1. The molecule has 0 aliphatic carbocycles. The highest BCUT2D eigenvalue weighted by Crippen LogP contribution is 2.09. The number of unbranched alkanes of at least 4 members (excludes halogenated alkanes) is 8. The number of nitrogens with zero attached hydrogens (tertiary/aromatic N) is 1. The third-order valence-electron chi connectivity index (χ3n) is 4.10. The van der Waals surface area contributed by atoms with Crippen LogP contribution < -0.4 is 17.0 Å². The number of aliphatic hydroxyl groups excluding tert-OH is 1. The van der Waals surface area contributed by atoms with Gasteiger partial charge in [-0.15, -0.1) is 0 Å². The Hall–Kier alpha value is -0.600. The Bertz CT molecular complexity index is 340. The maximum absolute atomic E-state index is 8.74. The monoisotopic (exact) mass is 327 g/mol. The molecule has 0 amide bonds. The van der Waals surface area contributed by atoms with Crippen molar-refractivity contribution in [3.63, 3.8) is 0 Å². The summed E-state index contributed by atoms with van der Waals surface area (Å²) in [7, 11) is 0. The van der Waals surface area contributed by atoms with E-state index in [2.05, 4.69) is 36.0 Å². The van der Waals surface area contributed by atoms with Gasteiger partial charge in [-0.3, -0.25) is 0 Å². The minimum absolute atomic E-state index is 0. The molecular weight excluding hydrogens is 294 g/mol. The maximum Gasteiger partial charge on any atom is 0.169 e. The minimum Gasteiger partial charge on any atom is -1.00 e. The minimum atomic E-state index is 0. The lowest BCUT2D eigenvalue weighted by Gasteiger charge is -2.02. The van der Waals surface area contributed by atoms with Gasteiger partial charge in [0.05, 0.1) is 0 Å². The van der Waals surface area contributed by atoms with Crippen LogP contribution in [0.5, 0.6) is 0 Å². The standard InChI is InChI=1S/C19H34NO.ClH/c1-2-3-4-5-6-9-12-19-13-16-20(17-14-19)15-10-7-8-11-18-21;/h13-14,16-17,21H,2-12,15,18H2,1H3;1H/q+1;/p-1. The van der Waals surface area contributed by atoms with Crippen LogP contribution in [-0.4, -0.2) is 11.7 Å². The largest absolute Gasteiger partial charge is 1.00 e. The van der Waals surface area contributed by atoms with Crippen LogP contribution in [0.2, 0.25) is 0 Å². The van der Waals surface area contributed by atoms with E-state index in [-0.39, 0.29) is 12.4 Å². The van der Waals surface area contributed by atoms with Crippen molar-refractivity contribution in [2.45, 2.75) is 84.1 Å². The predicted octanol–water partition coefficient (Wildman–Crippen LogP) is 1.43. The number of hydrogen-bond acceptors (Lipinski definition) is 1. The molecule has 0 aromatic carbocycles. The summed E-state index contributed by atoms with van der Waals surface area (Å²) in [6.07, 6.45) is 18.4. The van der Waals surface area contributed by atoms with Gasteiger partial charge in [0.15, 0.2) is 12.4 Å². The van der Waals surface area contributed by atoms with Crippen LogP contribution in [0.15, 0.2) is 24.5 Å². The topological polar surface area (TPSA) is 24.1 Å². The smallest absolute Gasteiger partial charge is 0.169 e. The highest BCUT2D eigenvalue weighted by molar-refractivity contribution is 5.07. The first kappa shape index (κ1) is 21.4. The third-order valence-corrected chi connectivity index (χ3v) is 4.10. The Balaban J connectivity index is 0.00000441. The van der Waals surface area contributed by atoms with Crippen LogP contribution in [0.1, 0.15) is 76.7 Å². The van der Waals surface area contributed by atoms with E-state index in [1.807, 2.05) is 0 Å². The van der Waals surface area contributed by atoms with Gasteiger partial charge in [-0.25, -0.2) is 4.57 Å². The van der Waals surface area contributed by atoms with Crippen molar-refractivity contribution < 1.29 is 22.1 Å². The fourth-order valence-electron chi connectivity index (χ4n) is 2.67. The van der Waals surface area contributed by atoms with Crippen molar-refractivity contribution in [1.29, 1.82) is 0 Å². The Labute approximate surface area is 143 Å². The second-order valence-corrected chi connectivity index (χ2v) is 6.10. The zero-order valence-corrected chi connectivity index (χ0v) is 15.0. The van der Waals surface area contributed by atoms with E-state index in [0.29, 0.717) is 6.61 Å². The predicted molar refractivity (Wildman–Crippen MR) is 89.3 cm³/mol.